The molecule has 2 aliphatic heterocycles. The summed E-state index contributed by atoms with van der Waals surface area (Å²) in [5.74, 6) is 0. The van der Waals surface area contributed by atoms with Crippen LogP contribution in [0.4, 0.5) is 10.5 Å². The van der Waals surface area contributed by atoms with E-state index in [-0.39, 0.29) is 24.7 Å². The monoisotopic (exact) mass is 346 g/mol. The lowest BCUT2D eigenvalue weighted by Gasteiger charge is -2.37. The molecule has 0 aliphatic carbocycles. The second-order valence-corrected chi connectivity index (χ2v) is 7.15. The predicted octanol–water partition coefficient (Wildman–Crippen LogP) is 1.36. The number of carbonyl (C=O) groups excluding carboxylic acids is 1. The fourth-order valence-corrected chi connectivity index (χ4v) is 3.85. The molecule has 0 spiro atoms. The summed E-state index contributed by atoms with van der Waals surface area (Å²) in [4.78, 5) is 19.0. The summed E-state index contributed by atoms with van der Waals surface area (Å²) in [7, 11) is 0. The molecular formula is C19H30N4O2. The van der Waals surface area contributed by atoms with Gasteiger partial charge in [-0.3, -0.25) is 4.90 Å². The number of urea groups is 1. The lowest BCUT2D eigenvalue weighted by molar-refractivity contribution is 0.151. The smallest absolute Gasteiger partial charge is 0.317 e. The van der Waals surface area contributed by atoms with Crippen molar-refractivity contribution in [3.05, 3.63) is 30.3 Å². The van der Waals surface area contributed by atoms with Crippen LogP contribution in [0.15, 0.2) is 30.3 Å². The van der Waals surface area contributed by atoms with E-state index in [1.807, 2.05) is 6.07 Å². The topological polar surface area (TPSA) is 59.0 Å². The van der Waals surface area contributed by atoms with Crippen molar-refractivity contribution in [3.63, 3.8) is 0 Å². The molecule has 2 amide bonds. The number of benzene rings is 1. The van der Waals surface area contributed by atoms with Gasteiger partial charge in [0.1, 0.15) is 0 Å². The fraction of sp³-hybridized carbons (Fsp3) is 0.632. The number of hydrogen-bond donors (Lipinski definition) is 2. The number of aliphatic hydroxyl groups is 1. The highest BCUT2D eigenvalue weighted by Crippen LogP contribution is 2.17. The average Bonchev–Trinajstić information content (AvgIpc) is 3.12. The Kier molecular flexibility index (Phi) is 6.15. The van der Waals surface area contributed by atoms with Crippen LogP contribution in [0, 0.1) is 0 Å². The Bertz CT molecular complexity index is 546. The number of nitrogens with zero attached hydrogens (tertiary/aromatic N) is 3. The summed E-state index contributed by atoms with van der Waals surface area (Å²) >= 11 is 0. The average molecular weight is 346 g/mol. The number of rotatable bonds is 5. The molecule has 2 saturated heterocycles. The molecule has 0 unspecified atom stereocenters. The molecule has 0 aromatic heterocycles. The zero-order chi connectivity index (χ0) is 17.6. The molecule has 2 N–H and O–H groups in total. The number of piperazine rings is 1. The van der Waals surface area contributed by atoms with Crippen LogP contribution < -0.4 is 10.2 Å². The van der Waals surface area contributed by atoms with Gasteiger partial charge in [0.2, 0.25) is 0 Å². The Labute approximate surface area is 150 Å². The van der Waals surface area contributed by atoms with Crippen molar-refractivity contribution in [2.24, 2.45) is 0 Å². The number of carbonyl (C=O) groups is 1. The summed E-state index contributed by atoms with van der Waals surface area (Å²) < 4.78 is 0. The number of aliphatic hydroxyl groups excluding tert-OH is 1. The number of anilines is 1. The summed E-state index contributed by atoms with van der Waals surface area (Å²) in [5.41, 5.74) is 1.28. The van der Waals surface area contributed by atoms with Crippen molar-refractivity contribution < 1.29 is 9.90 Å². The van der Waals surface area contributed by atoms with Gasteiger partial charge in [-0.15, -0.1) is 0 Å². The van der Waals surface area contributed by atoms with Gasteiger partial charge in [0.15, 0.2) is 0 Å². The van der Waals surface area contributed by atoms with Gasteiger partial charge in [-0.1, -0.05) is 18.2 Å². The summed E-state index contributed by atoms with van der Waals surface area (Å²) in [6.45, 7) is 7.79. The van der Waals surface area contributed by atoms with E-state index in [1.54, 1.807) is 4.90 Å². The number of para-hydroxylation sites is 1. The predicted molar refractivity (Wildman–Crippen MR) is 99.9 cm³/mol. The van der Waals surface area contributed by atoms with Crippen molar-refractivity contribution in [1.82, 2.24) is 15.1 Å². The molecule has 6 heteroatoms. The highest BCUT2D eigenvalue weighted by Gasteiger charge is 2.29. The Balaban J connectivity index is 1.42. The molecule has 3 rings (SSSR count). The molecule has 25 heavy (non-hydrogen) atoms. The van der Waals surface area contributed by atoms with Crippen LogP contribution >= 0.6 is 0 Å². The van der Waals surface area contributed by atoms with E-state index < -0.39 is 0 Å². The molecule has 2 fully saturated rings. The van der Waals surface area contributed by atoms with Crippen LogP contribution in [0.2, 0.25) is 0 Å². The second-order valence-electron chi connectivity index (χ2n) is 7.15. The first kappa shape index (κ1) is 18.0. The highest BCUT2D eigenvalue weighted by molar-refractivity contribution is 5.75. The summed E-state index contributed by atoms with van der Waals surface area (Å²) in [6.07, 6.45) is 1.88. The quantitative estimate of drug-likeness (QED) is 0.845. The van der Waals surface area contributed by atoms with Gasteiger partial charge in [-0.25, -0.2) is 4.79 Å². The second kappa shape index (κ2) is 8.54. The van der Waals surface area contributed by atoms with Crippen molar-refractivity contribution >= 4 is 11.7 Å². The first-order chi connectivity index (χ1) is 12.2. The molecule has 6 nitrogen and oxygen atoms in total. The van der Waals surface area contributed by atoms with E-state index in [0.717, 1.165) is 52.1 Å². The molecule has 138 valence electrons. The zero-order valence-electron chi connectivity index (χ0n) is 15.1. The van der Waals surface area contributed by atoms with E-state index in [4.69, 9.17) is 0 Å². The van der Waals surface area contributed by atoms with Crippen LogP contribution in [0.3, 0.4) is 0 Å². The molecule has 1 aromatic rings. The maximum Gasteiger partial charge on any atom is 0.317 e. The molecule has 0 radical (unpaired) electrons. The normalized spacial score (nSPS) is 22.9. The first-order valence-corrected chi connectivity index (χ1v) is 9.37. The zero-order valence-corrected chi connectivity index (χ0v) is 15.1. The van der Waals surface area contributed by atoms with Crippen molar-refractivity contribution in [2.75, 3.05) is 50.8 Å². The minimum Gasteiger partial charge on any atom is -0.394 e. The van der Waals surface area contributed by atoms with Crippen molar-refractivity contribution in [1.29, 1.82) is 0 Å². The first-order valence-electron chi connectivity index (χ1n) is 9.37. The molecule has 0 bridgehead atoms. The molecule has 2 heterocycles. The summed E-state index contributed by atoms with van der Waals surface area (Å²) in [5, 5.41) is 12.5. The molecule has 2 aliphatic rings. The van der Waals surface area contributed by atoms with E-state index in [2.05, 4.69) is 46.3 Å². The van der Waals surface area contributed by atoms with Gasteiger partial charge < -0.3 is 20.2 Å². The highest BCUT2D eigenvalue weighted by atomic mass is 16.3. The molecule has 1 aromatic carbocycles. The molecular weight excluding hydrogens is 316 g/mol. The van der Waals surface area contributed by atoms with Gasteiger partial charge in [0, 0.05) is 51.0 Å². The van der Waals surface area contributed by atoms with Crippen LogP contribution in [0.25, 0.3) is 0 Å². The summed E-state index contributed by atoms with van der Waals surface area (Å²) in [6, 6.07) is 10.6. The van der Waals surface area contributed by atoms with Crippen LogP contribution in [-0.2, 0) is 0 Å². The number of nitrogens with one attached hydrogen (secondary N) is 1. The Hall–Kier alpha value is -1.79. The standard InChI is InChI=1S/C19H30N4O2/c1-16(20-19(25)23-9-5-8-18(23)15-24)14-21-10-12-22(13-11-21)17-6-3-2-4-7-17/h2-4,6-7,16,18,24H,5,8-15H2,1H3,(H,20,25)/t16-,18+/m0/s1. The third kappa shape index (κ3) is 4.64. The van der Waals surface area contributed by atoms with E-state index in [1.165, 1.54) is 5.69 Å². The maximum absolute atomic E-state index is 12.4. The van der Waals surface area contributed by atoms with Gasteiger partial charge >= 0.3 is 6.03 Å². The minimum atomic E-state index is -0.0352. The van der Waals surface area contributed by atoms with Crippen LogP contribution in [0.1, 0.15) is 19.8 Å². The molecule has 0 saturated carbocycles. The van der Waals surface area contributed by atoms with Crippen LogP contribution in [0.5, 0.6) is 0 Å². The van der Waals surface area contributed by atoms with Gasteiger partial charge in [-0.2, -0.15) is 0 Å². The van der Waals surface area contributed by atoms with Gasteiger partial charge in [-0.05, 0) is 31.9 Å². The molecule has 2 atom stereocenters. The minimum absolute atomic E-state index is 0.0124. The SMILES string of the molecule is C[C@@H](CN1CCN(c2ccccc2)CC1)NC(=O)N1CCC[C@@H]1CO. The van der Waals surface area contributed by atoms with E-state index in [0.29, 0.717) is 0 Å². The van der Waals surface area contributed by atoms with Gasteiger partial charge in [0.25, 0.3) is 0 Å². The van der Waals surface area contributed by atoms with E-state index in [9.17, 15) is 9.90 Å². The number of hydrogen-bond acceptors (Lipinski definition) is 4. The van der Waals surface area contributed by atoms with Crippen molar-refractivity contribution in [2.45, 2.75) is 31.8 Å². The van der Waals surface area contributed by atoms with E-state index >= 15 is 0 Å². The van der Waals surface area contributed by atoms with Crippen molar-refractivity contribution in [3.8, 4) is 0 Å². The Morgan fingerprint density at radius 3 is 2.60 bits per heavy atom. The number of likely N-dealkylation sites (tertiary alicyclic amines) is 1. The fourth-order valence-electron chi connectivity index (χ4n) is 3.85. The number of amides is 2. The van der Waals surface area contributed by atoms with Crippen LogP contribution in [-0.4, -0.2) is 78.9 Å². The lowest BCUT2D eigenvalue weighted by Crippen LogP contribution is -2.53. The third-order valence-corrected chi connectivity index (χ3v) is 5.24. The largest absolute Gasteiger partial charge is 0.394 e. The lowest BCUT2D eigenvalue weighted by atomic mass is 10.2. The maximum atomic E-state index is 12.4. The third-order valence-electron chi connectivity index (χ3n) is 5.24. The Morgan fingerprint density at radius 1 is 1.20 bits per heavy atom. The van der Waals surface area contributed by atoms with Gasteiger partial charge in [0.05, 0.1) is 12.6 Å². The Morgan fingerprint density at radius 2 is 1.92 bits per heavy atom.